The molecule has 2 amide bonds. The van der Waals surface area contributed by atoms with Gasteiger partial charge in [-0.15, -0.1) is 0 Å². The maximum atomic E-state index is 13.8. The van der Waals surface area contributed by atoms with Crippen LogP contribution >= 0.6 is 0 Å². The van der Waals surface area contributed by atoms with Gasteiger partial charge >= 0.3 is 0 Å². The second-order valence-corrected chi connectivity index (χ2v) is 11.1. The van der Waals surface area contributed by atoms with Crippen molar-refractivity contribution in [3.63, 3.8) is 0 Å². The van der Waals surface area contributed by atoms with Gasteiger partial charge in [-0.2, -0.15) is 0 Å². The van der Waals surface area contributed by atoms with E-state index in [9.17, 15) is 44.7 Å². The van der Waals surface area contributed by atoms with E-state index in [0.717, 1.165) is 0 Å². The van der Waals surface area contributed by atoms with Gasteiger partial charge in [-0.3, -0.25) is 24.1 Å². The fraction of sp³-hybridized carbons (Fsp3) is 0.481. The van der Waals surface area contributed by atoms with Crippen molar-refractivity contribution in [2.75, 3.05) is 26.0 Å². The number of hydrogen-bond donors (Lipinski definition) is 8. The summed E-state index contributed by atoms with van der Waals surface area (Å²) < 4.78 is 0. The lowest BCUT2D eigenvalue weighted by Crippen LogP contribution is -2.68. The monoisotopic (exact) mass is 558 g/mol. The number of nitrogens with one attached hydrogen (secondary N) is 2. The summed E-state index contributed by atoms with van der Waals surface area (Å²) in [5.74, 6) is -9.97. The standard InChI is InChI=1S/C27H34N4O9/c1-9(2)30-13(32)8-29-12-7-6-11-10(3)14-16(21(34)15(11)20(12)33)24(37)27(40)18(22(14)35)19(31(4)5)23(36)17(25(27)38)26(28)39/h6-7,9-10,14,18-19,22,29,33,35-37,40H,8H2,1-5H3,(H2,28,39)(H,30,32)/t10-,14+,18+,19+,22-,27-/m1/s1. The Morgan fingerprint density at radius 2 is 1.77 bits per heavy atom. The number of Topliss-reactive ketones (excluding diaryl/α,β-unsaturated/α-hetero) is 2. The van der Waals surface area contributed by atoms with Crippen LogP contribution < -0.4 is 16.4 Å². The number of carbonyl (C=O) groups is 4. The average molecular weight is 559 g/mol. The maximum Gasteiger partial charge on any atom is 0.255 e. The van der Waals surface area contributed by atoms with E-state index in [2.05, 4.69) is 10.6 Å². The van der Waals surface area contributed by atoms with Crippen molar-refractivity contribution in [3.05, 3.63) is 45.9 Å². The molecule has 0 spiro atoms. The number of fused-ring (bicyclic) bond motifs is 3. The van der Waals surface area contributed by atoms with Gasteiger partial charge in [0.15, 0.2) is 11.4 Å². The Morgan fingerprint density at radius 1 is 1.15 bits per heavy atom. The van der Waals surface area contributed by atoms with Gasteiger partial charge in [-0.1, -0.05) is 13.0 Å². The lowest BCUT2D eigenvalue weighted by Gasteiger charge is -2.53. The van der Waals surface area contributed by atoms with Gasteiger partial charge in [0.25, 0.3) is 5.91 Å². The van der Waals surface area contributed by atoms with Gasteiger partial charge in [0.1, 0.15) is 22.8 Å². The minimum absolute atomic E-state index is 0.0509. The van der Waals surface area contributed by atoms with Gasteiger partial charge in [0.05, 0.1) is 35.9 Å². The summed E-state index contributed by atoms with van der Waals surface area (Å²) in [4.78, 5) is 52.8. The Balaban J connectivity index is 1.88. The highest BCUT2D eigenvalue weighted by Gasteiger charge is 2.67. The molecule has 13 nitrogen and oxygen atoms in total. The van der Waals surface area contributed by atoms with Gasteiger partial charge in [0.2, 0.25) is 11.7 Å². The number of benzene rings is 1. The molecule has 3 aliphatic rings. The molecule has 0 fully saturated rings. The number of hydrogen-bond acceptors (Lipinski definition) is 11. The Morgan fingerprint density at radius 3 is 2.33 bits per heavy atom. The van der Waals surface area contributed by atoms with E-state index in [1.165, 1.54) is 25.1 Å². The van der Waals surface area contributed by atoms with E-state index in [1.807, 2.05) is 0 Å². The Labute approximate surface area is 230 Å². The molecule has 1 aromatic rings. The number of carbonyl (C=O) groups excluding carboxylic acids is 4. The van der Waals surface area contributed by atoms with E-state index in [1.54, 1.807) is 26.8 Å². The number of nitrogens with zero attached hydrogens (tertiary/aromatic N) is 1. The minimum Gasteiger partial charge on any atom is -0.510 e. The van der Waals surface area contributed by atoms with Crippen LogP contribution in [0.1, 0.15) is 42.6 Å². The molecule has 0 saturated carbocycles. The van der Waals surface area contributed by atoms with Crippen molar-refractivity contribution in [2.45, 2.75) is 50.5 Å². The molecule has 40 heavy (non-hydrogen) atoms. The fourth-order valence-electron chi connectivity index (χ4n) is 6.31. The van der Waals surface area contributed by atoms with Gasteiger partial charge in [0, 0.05) is 17.5 Å². The number of likely N-dealkylation sites (N-methyl/N-ethyl adjacent to an activating group) is 1. The van der Waals surface area contributed by atoms with Crippen LogP contribution in [-0.2, 0) is 14.4 Å². The normalized spacial score (nSPS) is 29.8. The third kappa shape index (κ3) is 4.03. The van der Waals surface area contributed by atoms with Crippen molar-refractivity contribution in [1.29, 1.82) is 0 Å². The molecule has 13 heteroatoms. The van der Waals surface area contributed by atoms with Crippen LogP contribution in [0.5, 0.6) is 5.75 Å². The lowest BCUT2D eigenvalue weighted by molar-refractivity contribution is -0.162. The molecule has 4 rings (SSSR count). The summed E-state index contributed by atoms with van der Waals surface area (Å²) in [5.41, 5.74) is 1.01. The van der Waals surface area contributed by atoms with Crippen molar-refractivity contribution in [3.8, 4) is 5.75 Å². The largest absolute Gasteiger partial charge is 0.510 e. The fourth-order valence-corrected chi connectivity index (χ4v) is 6.31. The smallest absolute Gasteiger partial charge is 0.255 e. The predicted molar refractivity (Wildman–Crippen MR) is 142 cm³/mol. The first-order chi connectivity index (χ1) is 18.6. The highest BCUT2D eigenvalue weighted by molar-refractivity contribution is 6.25. The van der Waals surface area contributed by atoms with Crippen LogP contribution in [-0.4, -0.2) is 98.2 Å². The number of phenolic OH excluding ortho intramolecular Hbond substituents is 1. The van der Waals surface area contributed by atoms with E-state index in [4.69, 9.17) is 5.73 Å². The molecule has 0 radical (unpaired) electrons. The Bertz CT molecular complexity index is 1380. The maximum absolute atomic E-state index is 13.8. The molecule has 216 valence electrons. The number of primary amides is 1. The summed E-state index contributed by atoms with van der Waals surface area (Å²) in [6, 6.07) is 1.57. The second-order valence-electron chi connectivity index (χ2n) is 11.1. The highest BCUT2D eigenvalue weighted by Crippen LogP contribution is 2.55. The molecule has 6 atom stereocenters. The van der Waals surface area contributed by atoms with Gasteiger partial charge < -0.3 is 41.9 Å². The third-order valence-corrected chi connectivity index (χ3v) is 8.02. The lowest BCUT2D eigenvalue weighted by atomic mass is 9.55. The number of phenols is 1. The SMILES string of the molecule is CC(C)NC(=O)CNc1ccc2c(c1O)C(=O)C1=C(O)[C@@]3(O)C(=O)C(C(N)=O)=C(O)[C@@H](N(C)C)[C@H]3[C@H](O)[C@H]1[C@@H]2C. The molecule has 0 unspecified atom stereocenters. The van der Waals surface area contributed by atoms with E-state index in [-0.39, 0.29) is 29.7 Å². The molecular formula is C27H34N4O9. The molecule has 0 aromatic heterocycles. The van der Waals surface area contributed by atoms with Crippen molar-refractivity contribution < 1.29 is 44.7 Å². The van der Waals surface area contributed by atoms with Gasteiger partial charge in [-0.05, 0) is 45.5 Å². The zero-order valence-corrected chi connectivity index (χ0v) is 22.7. The summed E-state index contributed by atoms with van der Waals surface area (Å²) in [6.07, 6.45) is -1.67. The number of aliphatic hydroxyl groups is 4. The van der Waals surface area contributed by atoms with Crippen molar-refractivity contribution in [2.24, 2.45) is 17.6 Å². The summed E-state index contributed by atoms with van der Waals surface area (Å²) in [7, 11) is 2.94. The zero-order valence-electron chi connectivity index (χ0n) is 22.7. The number of ketones is 2. The first kappa shape index (κ1) is 29.1. The van der Waals surface area contributed by atoms with E-state index < -0.39 is 81.4 Å². The molecular weight excluding hydrogens is 524 g/mol. The molecule has 0 heterocycles. The van der Waals surface area contributed by atoms with Crippen LogP contribution in [0.15, 0.2) is 34.8 Å². The number of aliphatic hydroxyl groups excluding tert-OH is 3. The summed E-state index contributed by atoms with van der Waals surface area (Å²) >= 11 is 0. The van der Waals surface area contributed by atoms with Crippen molar-refractivity contribution in [1.82, 2.24) is 10.2 Å². The van der Waals surface area contributed by atoms with Crippen LogP contribution in [0.2, 0.25) is 0 Å². The number of anilines is 1. The quantitative estimate of drug-likeness (QED) is 0.165. The van der Waals surface area contributed by atoms with E-state index >= 15 is 0 Å². The van der Waals surface area contributed by atoms with Crippen LogP contribution in [0.25, 0.3) is 0 Å². The molecule has 0 bridgehead atoms. The zero-order chi connectivity index (χ0) is 30.0. The third-order valence-electron chi connectivity index (χ3n) is 8.02. The first-order valence-corrected chi connectivity index (χ1v) is 12.8. The summed E-state index contributed by atoms with van der Waals surface area (Å²) in [6.45, 7) is 4.99. The number of amides is 2. The molecule has 9 N–H and O–H groups in total. The molecule has 0 saturated heterocycles. The Kier molecular flexibility index (Phi) is 7.20. The van der Waals surface area contributed by atoms with Crippen LogP contribution in [0.3, 0.4) is 0 Å². The summed E-state index contributed by atoms with van der Waals surface area (Å²) in [5, 5.41) is 62.1. The number of aromatic hydroxyl groups is 1. The molecule has 1 aromatic carbocycles. The number of nitrogens with two attached hydrogens (primary N) is 1. The Hall–Kier alpha value is -3.94. The number of rotatable bonds is 6. The second kappa shape index (κ2) is 9.91. The van der Waals surface area contributed by atoms with Crippen LogP contribution in [0.4, 0.5) is 5.69 Å². The predicted octanol–water partition coefficient (Wildman–Crippen LogP) is -0.411. The minimum atomic E-state index is -2.98. The van der Waals surface area contributed by atoms with E-state index in [0.29, 0.717) is 5.56 Å². The highest BCUT2D eigenvalue weighted by atomic mass is 16.4. The average Bonchev–Trinajstić information content (AvgIpc) is 2.84. The van der Waals surface area contributed by atoms with Crippen molar-refractivity contribution >= 4 is 29.1 Å². The van der Waals surface area contributed by atoms with Gasteiger partial charge in [-0.25, -0.2) is 0 Å². The van der Waals surface area contributed by atoms with Crippen LogP contribution in [0, 0.1) is 11.8 Å². The topological polar surface area (TPSA) is 223 Å². The first-order valence-electron chi connectivity index (χ1n) is 12.8. The molecule has 0 aliphatic heterocycles. The molecule has 3 aliphatic carbocycles.